The molecule has 0 saturated carbocycles. The highest BCUT2D eigenvalue weighted by Gasteiger charge is 2.32. The predicted molar refractivity (Wildman–Crippen MR) is 89.9 cm³/mol. The van der Waals surface area contributed by atoms with Crippen LogP contribution in [0.15, 0.2) is 18.2 Å². The van der Waals surface area contributed by atoms with E-state index >= 15 is 0 Å². The molecular weight excluding hydrogens is 314 g/mol. The number of sulfonamides is 1. The van der Waals surface area contributed by atoms with Crippen LogP contribution in [0.2, 0.25) is 0 Å². The monoisotopic (exact) mass is 339 g/mol. The molecule has 6 heteroatoms. The van der Waals surface area contributed by atoms with Crippen molar-refractivity contribution in [1.29, 1.82) is 0 Å². The van der Waals surface area contributed by atoms with Crippen molar-refractivity contribution >= 4 is 16.0 Å². The highest BCUT2D eigenvalue weighted by Crippen LogP contribution is 2.23. The van der Waals surface area contributed by atoms with E-state index in [0.29, 0.717) is 31.6 Å². The molecule has 1 aromatic rings. The molecule has 1 fully saturated rings. The molecule has 1 aliphatic heterocycles. The maximum atomic E-state index is 12.4. The van der Waals surface area contributed by atoms with Crippen molar-refractivity contribution in [3.8, 4) is 5.75 Å². The molecule has 1 aliphatic rings. The fourth-order valence-corrected chi connectivity index (χ4v) is 4.34. The van der Waals surface area contributed by atoms with Crippen molar-refractivity contribution in [3.05, 3.63) is 29.3 Å². The fraction of sp³-hybridized carbons (Fsp3) is 0.588. The van der Waals surface area contributed by atoms with E-state index in [1.165, 1.54) is 4.31 Å². The highest BCUT2D eigenvalue weighted by molar-refractivity contribution is 7.89. The number of hydrogen-bond acceptors (Lipinski definition) is 4. The quantitative estimate of drug-likeness (QED) is 0.611. The zero-order valence-corrected chi connectivity index (χ0v) is 14.9. The van der Waals surface area contributed by atoms with Crippen LogP contribution in [0.3, 0.4) is 0 Å². The summed E-state index contributed by atoms with van der Waals surface area (Å²) in [7, 11) is -3.26. The maximum absolute atomic E-state index is 12.4. The Morgan fingerprint density at radius 1 is 1.30 bits per heavy atom. The number of carbonyl (C=O) groups is 1. The van der Waals surface area contributed by atoms with Crippen LogP contribution in [0.5, 0.6) is 5.75 Å². The van der Waals surface area contributed by atoms with Crippen LogP contribution in [-0.2, 0) is 14.8 Å². The van der Waals surface area contributed by atoms with E-state index < -0.39 is 15.9 Å². The number of carbonyl (C=O) groups excluding carboxylic acids is 1. The first kappa shape index (κ1) is 17.9. The summed E-state index contributed by atoms with van der Waals surface area (Å²) < 4.78 is 31.2. The van der Waals surface area contributed by atoms with Crippen LogP contribution in [0, 0.1) is 19.8 Å². The van der Waals surface area contributed by atoms with Crippen LogP contribution >= 0.6 is 0 Å². The minimum atomic E-state index is -3.26. The normalized spacial score (nSPS) is 19.5. The van der Waals surface area contributed by atoms with E-state index in [-0.39, 0.29) is 18.3 Å². The maximum Gasteiger partial charge on any atom is 0.315 e. The third-order valence-electron chi connectivity index (χ3n) is 4.27. The first-order valence-corrected chi connectivity index (χ1v) is 9.71. The van der Waals surface area contributed by atoms with Gasteiger partial charge >= 0.3 is 5.97 Å². The largest absolute Gasteiger partial charge is 0.426 e. The summed E-state index contributed by atoms with van der Waals surface area (Å²) in [5.74, 6) is -0.0837. The van der Waals surface area contributed by atoms with Gasteiger partial charge in [0.1, 0.15) is 5.75 Å². The minimum absolute atomic E-state index is 0.131. The topological polar surface area (TPSA) is 63.7 Å². The summed E-state index contributed by atoms with van der Waals surface area (Å²) >= 11 is 0. The van der Waals surface area contributed by atoms with Gasteiger partial charge in [-0.2, -0.15) is 0 Å². The number of hydrogen-bond donors (Lipinski definition) is 0. The molecule has 1 heterocycles. The van der Waals surface area contributed by atoms with Gasteiger partial charge in [0.05, 0.1) is 11.7 Å². The van der Waals surface area contributed by atoms with E-state index in [4.69, 9.17) is 4.74 Å². The van der Waals surface area contributed by atoms with Gasteiger partial charge < -0.3 is 4.74 Å². The molecular formula is C17H25NO4S. The Kier molecular flexibility index (Phi) is 5.81. The number of esters is 1. The average molecular weight is 339 g/mol. The van der Waals surface area contributed by atoms with Crippen molar-refractivity contribution in [2.45, 2.75) is 40.0 Å². The summed E-state index contributed by atoms with van der Waals surface area (Å²) in [5, 5.41) is 0. The lowest BCUT2D eigenvalue weighted by Gasteiger charge is -2.30. The molecule has 1 saturated heterocycles. The second-order valence-electron chi connectivity index (χ2n) is 6.18. The highest BCUT2D eigenvalue weighted by atomic mass is 32.2. The van der Waals surface area contributed by atoms with E-state index in [1.54, 1.807) is 6.07 Å². The number of ether oxygens (including phenoxy) is 1. The molecule has 0 amide bonds. The second-order valence-corrected chi connectivity index (χ2v) is 8.27. The van der Waals surface area contributed by atoms with Gasteiger partial charge in [-0.1, -0.05) is 13.0 Å². The lowest BCUT2D eigenvalue weighted by Crippen LogP contribution is -2.44. The van der Waals surface area contributed by atoms with E-state index in [1.807, 2.05) is 32.9 Å². The van der Waals surface area contributed by atoms with Gasteiger partial charge in [-0.3, -0.25) is 4.79 Å². The van der Waals surface area contributed by atoms with Crippen LogP contribution in [0.1, 0.15) is 37.3 Å². The molecule has 0 unspecified atom stereocenters. The van der Waals surface area contributed by atoms with Crippen molar-refractivity contribution in [1.82, 2.24) is 4.31 Å². The molecule has 0 radical (unpaired) electrons. The van der Waals surface area contributed by atoms with Crippen molar-refractivity contribution in [3.63, 3.8) is 0 Å². The van der Waals surface area contributed by atoms with Crippen molar-refractivity contribution in [2.75, 3.05) is 18.8 Å². The van der Waals surface area contributed by atoms with Gasteiger partial charge in [0.2, 0.25) is 10.0 Å². The molecule has 23 heavy (non-hydrogen) atoms. The molecule has 2 rings (SSSR count). The molecule has 5 nitrogen and oxygen atoms in total. The SMILES string of the molecule is CCCS(=O)(=O)N1CCC[C@H](C(=O)Oc2ccc(C)c(C)c2)C1. The second kappa shape index (κ2) is 7.45. The third-order valence-corrected chi connectivity index (χ3v) is 6.31. The molecule has 1 aromatic carbocycles. The molecule has 0 spiro atoms. The Labute approximate surface area is 138 Å². The van der Waals surface area contributed by atoms with E-state index in [0.717, 1.165) is 11.1 Å². The minimum Gasteiger partial charge on any atom is -0.426 e. The van der Waals surface area contributed by atoms with Gasteiger partial charge in [-0.25, -0.2) is 12.7 Å². The zero-order chi connectivity index (χ0) is 17.0. The van der Waals surface area contributed by atoms with Gasteiger partial charge in [-0.05, 0) is 56.4 Å². The van der Waals surface area contributed by atoms with Crippen LogP contribution in [0.4, 0.5) is 0 Å². The Balaban J connectivity index is 2.03. The van der Waals surface area contributed by atoms with Gasteiger partial charge in [-0.15, -0.1) is 0 Å². The number of nitrogens with zero attached hydrogens (tertiary/aromatic N) is 1. The van der Waals surface area contributed by atoms with E-state index in [9.17, 15) is 13.2 Å². The summed E-state index contributed by atoms with van der Waals surface area (Å²) in [6, 6.07) is 5.52. The molecule has 128 valence electrons. The fourth-order valence-electron chi connectivity index (χ4n) is 2.75. The summed E-state index contributed by atoms with van der Waals surface area (Å²) in [6.45, 7) is 6.53. The number of benzene rings is 1. The van der Waals surface area contributed by atoms with Crippen molar-refractivity contribution in [2.24, 2.45) is 5.92 Å². The summed E-state index contributed by atoms with van der Waals surface area (Å²) in [5.41, 5.74) is 2.20. The number of piperidine rings is 1. The van der Waals surface area contributed by atoms with E-state index in [2.05, 4.69) is 0 Å². The van der Waals surface area contributed by atoms with Gasteiger partial charge in [0.25, 0.3) is 0 Å². The predicted octanol–water partition coefficient (Wildman–Crippen LogP) is 2.66. The molecule has 0 bridgehead atoms. The number of aryl methyl sites for hydroxylation is 2. The molecule has 0 aliphatic carbocycles. The van der Waals surface area contributed by atoms with Crippen molar-refractivity contribution < 1.29 is 17.9 Å². The summed E-state index contributed by atoms with van der Waals surface area (Å²) in [4.78, 5) is 12.4. The Bertz CT molecular complexity index is 669. The lowest BCUT2D eigenvalue weighted by atomic mass is 10.00. The van der Waals surface area contributed by atoms with Crippen LogP contribution in [-0.4, -0.2) is 37.5 Å². The first-order valence-electron chi connectivity index (χ1n) is 8.10. The van der Waals surface area contributed by atoms with Crippen LogP contribution in [0.25, 0.3) is 0 Å². The smallest absolute Gasteiger partial charge is 0.315 e. The third kappa shape index (κ3) is 4.54. The van der Waals surface area contributed by atoms with Gasteiger partial charge in [0.15, 0.2) is 0 Å². The standard InChI is InChI=1S/C17H25NO4S/c1-4-10-23(20,21)18-9-5-6-15(12-18)17(19)22-16-8-7-13(2)14(3)11-16/h7-8,11,15H,4-6,9-10,12H2,1-3H3/t15-/m0/s1. The summed E-state index contributed by atoms with van der Waals surface area (Å²) in [6.07, 6.45) is 1.94. The Morgan fingerprint density at radius 3 is 2.70 bits per heavy atom. The number of rotatable bonds is 5. The zero-order valence-electron chi connectivity index (χ0n) is 14.0. The average Bonchev–Trinajstić information content (AvgIpc) is 2.51. The molecule has 0 aromatic heterocycles. The van der Waals surface area contributed by atoms with Crippen LogP contribution < -0.4 is 4.74 Å². The Morgan fingerprint density at radius 2 is 2.04 bits per heavy atom. The Hall–Kier alpha value is -1.40. The molecule has 1 atom stereocenters. The lowest BCUT2D eigenvalue weighted by molar-refractivity contribution is -0.140. The van der Waals surface area contributed by atoms with Gasteiger partial charge in [0, 0.05) is 13.1 Å². The first-order chi connectivity index (χ1) is 10.8. The molecule has 0 N–H and O–H groups in total.